The maximum absolute atomic E-state index is 5.46. The van der Waals surface area contributed by atoms with Gasteiger partial charge in [0.25, 0.3) is 0 Å². The highest BCUT2D eigenvalue weighted by atomic mass is 16.5. The number of likely N-dealkylation sites (N-methyl/N-ethyl adjacent to an activating group) is 1. The first-order valence-corrected chi connectivity index (χ1v) is 10.5. The normalized spacial score (nSPS) is 20.9. The zero-order valence-corrected chi connectivity index (χ0v) is 16.8. The Kier molecular flexibility index (Phi) is 9.63. The summed E-state index contributed by atoms with van der Waals surface area (Å²) in [7, 11) is 4.44. The molecule has 0 aromatic carbocycles. The number of nitrogens with one attached hydrogen (secondary N) is 1. The molecule has 1 N–H and O–H groups in total. The summed E-state index contributed by atoms with van der Waals surface area (Å²) in [5.74, 6) is 1.88. The summed E-state index contributed by atoms with van der Waals surface area (Å²) >= 11 is 0. The van der Waals surface area contributed by atoms with Crippen LogP contribution in [-0.4, -0.2) is 75.3 Å². The maximum atomic E-state index is 5.46. The molecule has 1 aliphatic carbocycles. The molecule has 25 heavy (non-hydrogen) atoms. The number of ether oxygens (including phenoxy) is 1. The quantitative estimate of drug-likeness (QED) is 0.538. The van der Waals surface area contributed by atoms with E-state index in [9.17, 15) is 0 Å². The van der Waals surface area contributed by atoms with Crippen molar-refractivity contribution in [3.05, 3.63) is 0 Å². The Hall–Kier alpha value is -0.810. The van der Waals surface area contributed by atoms with E-state index in [1.807, 2.05) is 0 Å². The Morgan fingerprint density at radius 1 is 1.04 bits per heavy atom. The Bertz CT molecular complexity index is 376. The number of hydrogen-bond acceptors (Lipinski definition) is 3. The lowest BCUT2D eigenvalue weighted by atomic mass is 9.94. The van der Waals surface area contributed by atoms with E-state index >= 15 is 0 Å². The fourth-order valence-electron chi connectivity index (χ4n) is 4.00. The molecule has 0 bridgehead atoms. The molecule has 0 atom stereocenters. The molecular formula is C20H40N4O. The summed E-state index contributed by atoms with van der Waals surface area (Å²) in [6, 6.07) is 0.776. The number of guanidine groups is 1. The van der Waals surface area contributed by atoms with Crippen LogP contribution in [0.15, 0.2) is 4.99 Å². The van der Waals surface area contributed by atoms with Crippen LogP contribution in [0, 0.1) is 5.92 Å². The first-order valence-electron chi connectivity index (χ1n) is 10.5. The Morgan fingerprint density at radius 2 is 1.76 bits per heavy atom. The lowest BCUT2D eigenvalue weighted by Crippen LogP contribution is -2.41. The molecule has 0 aromatic heterocycles. The predicted molar refractivity (Wildman–Crippen MR) is 106 cm³/mol. The predicted octanol–water partition coefficient (Wildman–Crippen LogP) is 2.96. The molecule has 1 heterocycles. The van der Waals surface area contributed by atoms with Crippen LogP contribution in [0.25, 0.3) is 0 Å². The SMILES string of the molecule is CCNC(=NCCN(C)C1CCCCC1)N(C)CCC1CCOCC1. The lowest BCUT2D eigenvalue weighted by molar-refractivity contribution is 0.0625. The summed E-state index contributed by atoms with van der Waals surface area (Å²) in [5.41, 5.74) is 0. The van der Waals surface area contributed by atoms with Gasteiger partial charge in [-0.2, -0.15) is 0 Å². The lowest BCUT2D eigenvalue weighted by Gasteiger charge is -2.31. The summed E-state index contributed by atoms with van der Waals surface area (Å²) in [6.07, 6.45) is 10.6. The molecule has 146 valence electrons. The van der Waals surface area contributed by atoms with Crippen molar-refractivity contribution in [2.24, 2.45) is 10.9 Å². The molecule has 2 rings (SSSR count). The Morgan fingerprint density at radius 3 is 2.44 bits per heavy atom. The first-order chi connectivity index (χ1) is 12.2. The molecule has 2 aliphatic rings. The minimum Gasteiger partial charge on any atom is -0.381 e. The van der Waals surface area contributed by atoms with E-state index in [-0.39, 0.29) is 0 Å². The second-order valence-electron chi connectivity index (χ2n) is 7.77. The molecule has 0 aromatic rings. The number of aliphatic imine (C=N–C) groups is 1. The van der Waals surface area contributed by atoms with Crippen molar-refractivity contribution in [1.29, 1.82) is 0 Å². The molecule has 0 spiro atoms. The number of rotatable bonds is 8. The summed E-state index contributed by atoms with van der Waals surface area (Å²) in [4.78, 5) is 9.70. The van der Waals surface area contributed by atoms with Gasteiger partial charge in [0.05, 0.1) is 6.54 Å². The fraction of sp³-hybridized carbons (Fsp3) is 0.950. The van der Waals surface area contributed by atoms with Crippen molar-refractivity contribution in [3.63, 3.8) is 0 Å². The van der Waals surface area contributed by atoms with E-state index in [2.05, 4.69) is 36.1 Å². The van der Waals surface area contributed by atoms with Crippen LogP contribution in [-0.2, 0) is 4.74 Å². The maximum Gasteiger partial charge on any atom is 0.193 e. The Labute approximate surface area is 155 Å². The molecule has 0 unspecified atom stereocenters. The van der Waals surface area contributed by atoms with Crippen molar-refractivity contribution in [2.45, 2.75) is 64.3 Å². The van der Waals surface area contributed by atoms with Crippen LogP contribution >= 0.6 is 0 Å². The van der Waals surface area contributed by atoms with Gasteiger partial charge in [-0.1, -0.05) is 19.3 Å². The van der Waals surface area contributed by atoms with E-state index < -0.39 is 0 Å². The van der Waals surface area contributed by atoms with Crippen molar-refractivity contribution >= 4 is 5.96 Å². The van der Waals surface area contributed by atoms with Crippen LogP contribution in [0.5, 0.6) is 0 Å². The number of nitrogens with zero attached hydrogens (tertiary/aromatic N) is 3. The van der Waals surface area contributed by atoms with Crippen LogP contribution in [0.4, 0.5) is 0 Å². The van der Waals surface area contributed by atoms with Gasteiger partial charge in [-0.3, -0.25) is 4.99 Å². The molecule has 5 nitrogen and oxygen atoms in total. The standard InChI is InChI=1S/C20H40N4O/c1-4-21-20(24(3)14-10-18-11-16-25-17-12-18)22-13-15-23(2)19-8-6-5-7-9-19/h18-19H,4-17H2,1-3H3,(H,21,22). The second kappa shape index (κ2) is 11.7. The molecule has 1 saturated carbocycles. The summed E-state index contributed by atoms with van der Waals surface area (Å²) < 4.78 is 5.46. The molecule has 0 radical (unpaired) electrons. The Balaban J connectivity index is 1.73. The van der Waals surface area contributed by atoms with Gasteiger partial charge in [-0.15, -0.1) is 0 Å². The summed E-state index contributed by atoms with van der Waals surface area (Å²) in [6.45, 7) is 7.99. The van der Waals surface area contributed by atoms with Crippen molar-refractivity contribution in [1.82, 2.24) is 15.1 Å². The molecule has 2 fully saturated rings. The van der Waals surface area contributed by atoms with Crippen molar-refractivity contribution in [2.75, 3.05) is 53.5 Å². The molecular weight excluding hydrogens is 312 g/mol. The zero-order chi connectivity index (χ0) is 17.9. The van der Waals surface area contributed by atoms with Crippen LogP contribution in [0.1, 0.15) is 58.3 Å². The van der Waals surface area contributed by atoms with Gasteiger partial charge in [0.15, 0.2) is 5.96 Å². The van der Waals surface area contributed by atoms with E-state index in [1.165, 1.54) is 51.4 Å². The van der Waals surface area contributed by atoms with Gasteiger partial charge in [-0.25, -0.2) is 0 Å². The third-order valence-electron chi connectivity index (χ3n) is 5.82. The number of hydrogen-bond donors (Lipinski definition) is 1. The minimum absolute atomic E-state index is 0.776. The van der Waals surface area contributed by atoms with E-state index in [0.717, 1.165) is 57.3 Å². The smallest absolute Gasteiger partial charge is 0.193 e. The van der Waals surface area contributed by atoms with Gasteiger partial charge in [0.1, 0.15) is 0 Å². The average molecular weight is 353 g/mol. The van der Waals surface area contributed by atoms with Gasteiger partial charge in [-0.05, 0) is 52.0 Å². The highest BCUT2D eigenvalue weighted by Crippen LogP contribution is 2.21. The summed E-state index contributed by atoms with van der Waals surface area (Å²) in [5, 5.41) is 3.46. The first kappa shape index (κ1) is 20.5. The van der Waals surface area contributed by atoms with Gasteiger partial charge in [0.2, 0.25) is 0 Å². The van der Waals surface area contributed by atoms with Crippen LogP contribution in [0.2, 0.25) is 0 Å². The van der Waals surface area contributed by atoms with E-state index in [0.29, 0.717) is 0 Å². The minimum atomic E-state index is 0.776. The third-order valence-corrected chi connectivity index (χ3v) is 5.82. The average Bonchev–Trinajstić information content (AvgIpc) is 2.67. The molecule has 0 amide bonds. The van der Waals surface area contributed by atoms with E-state index in [1.54, 1.807) is 0 Å². The van der Waals surface area contributed by atoms with Gasteiger partial charge >= 0.3 is 0 Å². The molecule has 1 aliphatic heterocycles. The monoisotopic (exact) mass is 352 g/mol. The van der Waals surface area contributed by atoms with Gasteiger partial charge < -0.3 is 19.9 Å². The second-order valence-corrected chi connectivity index (χ2v) is 7.77. The van der Waals surface area contributed by atoms with Crippen molar-refractivity contribution in [3.8, 4) is 0 Å². The van der Waals surface area contributed by atoms with E-state index in [4.69, 9.17) is 9.73 Å². The third kappa shape index (κ3) is 7.53. The fourth-order valence-corrected chi connectivity index (χ4v) is 4.00. The molecule has 1 saturated heterocycles. The van der Waals surface area contributed by atoms with Gasteiger partial charge in [0, 0.05) is 45.9 Å². The van der Waals surface area contributed by atoms with Crippen molar-refractivity contribution < 1.29 is 4.74 Å². The zero-order valence-electron chi connectivity index (χ0n) is 16.8. The van der Waals surface area contributed by atoms with Crippen LogP contribution < -0.4 is 5.32 Å². The molecule has 5 heteroatoms. The topological polar surface area (TPSA) is 40.1 Å². The van der Waals surface area contributed by atoms with Crippen LogP contribution in [0.3, 0.4) is 0 Å². The highest BCUT2D eigenvalue weighted by Gasteiger charge is 2.18. The largest absolute Gasteiger partial charge is 0.381 e. The highest BCUT2D eigenvalue weighted by molar-refractivity contribution is 5.79.